The number of hydrogen-bond acceptors (Lipinski definition) is 26. The molecule has 149 heavy (non-hydrogen) atoms. The number of allylic oxidation sites excluding steroid dienone is 3. The molecule has 15 atom stereocenters. The molecule has 15 rings (SSSR count). The van der Waals surface area contributed by atoms with Gasteiger partial charge in [0.2, 0.25) is 35.4 Å². The van der Waals surface area contributed by atoms with Gasteiger partial charge < -0.3 is 91.8 Å². The molecule has 44 nitrogen and oxygen atoms in total. The number of amides is 13. The Labute approximate surface area is 883 Å². The average molecular weight is 2120 g/mol. The molecule has 47 heteroatoms. The molecule has 3 saturated heterocycles. The first kappa shape index (κ1) is 119. The molecule has 3 saturated carbocycles. The summed E-state index contributed by atoms with van der Waals surface area (Å²) in [5.41, 5.74) is -0.471. The van der Waals surface area contributed by atoms with Gasteiger partial charge in [-0.05, 0) is 180 Å². The van der Waals surface area contributed by atoms with E-state index in [0.29, 0.717) is 84.2 Å². The molecular formula is C102H147LiN16O28S2. The molecule has 3 aromatic rings. The number of alkyl carbamates (subject to hydrolysis) is 3. The van der Waals surface area contributed by atoms with Crippen LogP contribution in [0.5, 0.6) is 0 Å². The van der Waals surface area contributed by atoms with Gasteiger partial charge in [-0.3, -0.25) is 48.3 Å². The van der Waals surface area contributed by atoms with Gasteiger partial charge in [-0.25, -0.2) is 48.2 Å². The molecule has 9 heterocycles. The Hall–Kier alpha value is -11.9. The van der Waals surface area contributed by atoms with Crippen molar-refractivity contribution in [1.82, 2.24) is 74.6 Å². The van der Waals surface area contributed by atoms with Gasteiger partial charge in [-0.2, -0.15) is 25.4 Å². The van der Waals surface area contributed by atoms with Crippen molar-refractivity contribution in [2.75, 3.05) is 54.4 Å². The summed E-state index contributed by atoms with van der Waals surface area (Å²) in [4.78, 5) is 210. The van der Waals surface area contributed by atoms with E-state index in [1.54, 1.807) is 83.9 Å². The predicted octanol–water partition coefficient (Wildman–Crippen LogP) is 4.80. The minimum Gasteiger partial charge on any atom is -1.00 e. The van der Waals surface area contributed by atoms with Crippen molar-refractivity contribution in [1.29, 1.82) is 0 Å². The van der Waals surface area contributed by atoms with E-state index in [0.717, 1.165) is 93.4 Å². The number of aliphatic carboxylic acids is 1. The molecule has 816 valence electrons. The van der Waals surface area contributed by atoms with Gasteiger partial charge in [-0.1, -0.05) is 148 Å². The summed E-state index contributed by atoms with van der Waals surface area (Å²) in [5, 5.41) is 31.1. The third kappa shape index (κ3) is 31.6. The first-order chi connectivity index (χ1) is 69.2. The number of fused-ring (bicyclic) bond motifs is 9. The molecule has 12 aliphatic rings. The number of benzene rings is 3. The Morgan fingerprint density at radius 3 is 1.00 bits per heavy atom. The number of carbonyl (C=O) groups excluding carboxylic acids is 14. The summed E-state index contributed by atoms with van der Waals surface area (Å²) in [5.74, 6) is -7.00. The van der Waals surface area contributed by atoms with Gasteiger partial charge >= 0.3 is 77.6 Å². The minimum absolute atomic E-state index is 0. The number of hydrogen-bond donors (Lipinski definition) is 9. The molecule has 0 unspecified atom stereocenters. The van der Waals surface area contributed by atoms with E-state index in [1.165, 1.54) is 42.9 Å². The van der Waals surface area contributed by atoms with E-state index in [9.17, 15) is 93.9 Å². The Bertz CT molecular complexity index is 5670. The zero-order valence-electron chi connectivity index (χ0n) is 88.8. The number of esters is 1. The molecule has 3 aromatic carbocycles. The number of nitrogens with zero attached hydrogens (tertiary/aromatic N) is 8. The van der Waals surface area contributed by atoms with Crippen LogP contribution >= 0.6 is 0 Å². The Morgan fingerprint density at radius 1 is 0.443 bits per heavy atom. The number of carboxylic acid groups (broad SMARTS) is 1. The van der Waals surface area contributed by atoms with Crippen molar-refractivity contribution in [3.05, 3.63) is 143 Å². The van der Waals surface area contributed by atoms with E-state index in [2.05, 4.69) is 41.8 Å². The Balaban J connectivity index is 0.000000239. The minimum atomic E-state index is -4.17. The van der Waals surface area contributed by atoms with Crippen LogP contribution in [-0.4, -0.2) is 298 Å². The fourth-order valence-electron chi connectivity index (χ4n) is 19.4. The fraction of sp³-hybridized carbons (Fsp3) is 0.618. The monoisotopic (exact) mass is 2120 g/mol. The van der Waals surface area contributed by atoms with Crippen LogP contribution in [0.15, 0.2) is 109 Å². The van der Waals surface area contributed by atoms with Gasteiger partial charge in [0, 0.05) is 104 Å². The smallest absolute Gasteiger partial charge is 1.00 e. The van der Waals surface area contributed by atoms with Gasteiger partial charge in [0.1, 0.15) is 88.0 Å². The van der Waals surface area contributed by atoms with Gasteiger partial charge in [0.15, 0.2) is 0 Å². The normalized spacial score (nSPS) is 27.6. The fourth-order valence-corrected chi connectivity index (χ4v) is 20.0. The summed E-state index contributed by atoms with van der Waals surface area (Å²) in [6.07, 6.45) is 15.7. The molecule has 9 aliphatic heterocycles. The zero-order chi connectivity index (χ0) is 107. The number of carboxylic acids is 1. The zero-order valence-corrected chi connectivity index (χ0v) is 89.4. The van der Waals surface area contributed by atoms with E-state index in [-0.39, 0.29) is 102 Å². The number of nitrogens with two attached hydrogens (primary N) is 1. The van der Waals surface area contributed by atoms with Crippen LogP contribution in [0.1, 0.15) is 239 Å². The molecule has 0 bridgehead atoms. The van der Waals surface area contributed by atoms with Crippen molar-refractivity contribution in [3.63, 3.8) is 0 Å². The SMILES string of the molecule is CC(C)(C)OC(=O)N[C@H]1CCCCC/C=C\[C@@H]2C[C@@]2(C(=O)O)NC(=O)[C@@H]2C[C@@H](OC(=O)N3Cc4ccccc4C3)CN2C1=O.CCOC(=O)[C@@]12C[C@H]1/C=C\CCCCC[C@H](NC(=O)OC(C)(C)C)C(=O)N1C[C@H](OC(=O)N3Cc4ccccc4C3)C[C@H]1C(=O)N2.CN(C)S(=O)(=O)NC(=O)[C@@]12C[C@H]1/C=C\CCCCC[C@H](NC(=O)OC(C)(C)C)C(=O)N1C[C@H](OC(=O)N3Cc4ccccc4C3)C[C@H]1C(=O)N2.CN(C)S(N)(=O)=O.O.[H-].[Li+]. The van der Waals surface area contributed by atoms with Crippen LogP contribution in [-0.2, 0) is 136 Å². The molecule has 6 fully saturated rings. The second-order valence-electron chi connectivity index (χ2n) is 42.8. The summed E-state index contributed by atoms with van der Waals surface area (Å²) in [7, 11) is -2.28. The third-order valence-electron chi connectivity index (χ3n) is 27.5. The van der Waals surface area contributed by atoms with Crippen molar-refractivity contribution in [2.45, 2.75) is 331 Å². The summed E-state index contributed by atoms with van der Waals surface area (Å²) >= 11 is 0. The van der Waals surface area contributed by atoms with Crippen LogP contribution in [0.3, 0.4) is 0 Å². The summed E-state index contributed by atoms with van der Waals surface area (Å²) in [6.45, 7) is 19.5. The molecular weight excluding hydrogens is 1970 g/mol. The van der Waals surface area contributed by atoms with E-state index in [1.807, 2.05) is 109 Å². The van der Waals surface area contributed by atoms with Crippen LogP contribution in [0.4, 0.5) is 28.8 Å². The Morgan fingerprint density at radius 2 is 0.718 bits per heavy atom. The maximum Gasteiger partial charge on any atom is 1.00 e. The summed E-state index contributed by atoms with van der Waals surface area (Å²) in [6, 6.07) is 16.9. The third-order valence-corrected chi connectivity index (χ3v) is 30.0. The van der Waals surface area contributed by atoms with Crippen LogP contribution < -0.4 is 60.6 Å². The Kier molecular flexibility index (Phi) is 40.2. The summed E-state index contributed by atoms with van der Waals surface area (Å²) < 4.78 is 88.4. The van der Waals surface area contributed by atoms with Crippen molar-refractivity contribution in [3.8, 4) is 0 Å². The van der Waals surface area contributed by atoms with Crippen molar-refractivity contribution < 1.29 is 153 Å². The molecule has 12 N–H and O–H groups in total. The van der Waals surface area contributed by atoms with E-state index < -0.39 is 204 Å². The quantitative estimate of drug-likeness (QED) is 0.0480. The topological polar surface area (TPSA) is 577 Å². The first-order valence-corrected chi connectivity index (χ1v) is 53.4. The predicted molar refractivity (Wildman–Crippen MR) is 538 cm³/mol. The van der Waals surface area contributed by atoms with Gasteiger partial charge in [-0.15, -0.1) is 0 Å². The molecule has 13 amide bonds. The number of ether oxygens (including phenoxy) is 7. The van der Waals surface area contributed by atoms with E-state index >= 15 is 0 Å². The number of rotatable bonds is 13. The largest absolute Gasteiger partial charge is 1.00 e. The maximum absolute atomic E-state index is 14.3. The number of carbonyl (C=O) groups is 15. The first-order valence-electron chi connectivity index (χ1n) is 50.5. The molecule has 0 radical (unpaired) electrons. The number of nitrogens with one attached hydrogen (secondary N) is 7. The maximum atomic E-state index is 14.3. The van der Waals surface area contributed by atoms with Crippen LogP contribution in [0.25, 0.3) is 0 Å². The van der Waals surface area contributed by atoms with E-state index in [4.69, 9.17) is 33.2 Å². The standard InChI is InChI=1S/C34H48N6O9S.C34H46N4O8.C32H42N4O8.C2H8N2O2S.Li.H2O.H/c1-33(2,3)49-31(44)35-26-16-10-8-6-7-9-15-24-18-34(24,30(43)37-50(46,47)38(4)5)36-28(41)27-17-25(21-40(27)29(26)42)48-32(45)39-19-22-13-11-12-14-23(22)20-39;1-5-44-30(41)34-18-24(34)15-9-7-6-8-10-16-26(35-31(42)46-33(2,3)4)29(40)38-21-25(17-27(38)28(39)36-34)45-32(43)37-19-22-13-11-12-14-23(22)20-37;1-31(2,3)44-29(41)33-24-14-8-6-4-5-7-13-22-16-32(22,28(39)40)34-26(37)25-15-23(19-36(25)27(24)38)43-30(42)35-17-20-11-9-10-12-21(20)18-35;1-4(2)7(3,5)6;;;/h9,11-15,24-27H,6-8,10,16-21H2,1-5H3,(H,35,44)(H,36,41)(H,37,43);9,11-15,24-27H,5-8,10,16-21H2,1-4H3,(H,35,42)(H,36,39);7,9-13,22-25H,4-6,8,14-19H2,1-3H3,(H,33,41)(H,34,37)(H,39,40);1-2H3,(H2,3,5,6);;1H2;/q;;;;+1;;-1/b2*15-9-;13-7-;;;;/t2*24-,25-,26+,27+,34-;22-,23-,24+,25+,32-;;;;/m111..../s1. The van der Waals surface area contributed by atoms with Crippen LogP contribution in [0, 0.1) is 17.8 Å². The van der Waals surface area contributed by atoms with Crippen molar-refractivity contribution >= 4 is 110 Å². The second kappa shape index (κ2) is 50.3. The molecule has 0 aromatic heterocycles. The molecule has 3 aliphatic carbocycles. The van der Waals surface area contributed by atoms with Gasteiger partial charge in [0.05, 0.1) is 26.2 Å². The van der Waals surface area contributed by atoms with Crippen molar-refractivity contribution in [2.24, 2.45) is 22.9 Å². The van der Waals surface area contributed by atoms with Gasteiger partial charge in [0.25, 0.3) is 16.1 Å². The molecule has 0 spiro atoms. The average Bonchev–Trinajstić information content (AvgIpc) is 1.55. The second-order valence-corrected chi connectivity index (χ2v) is 46.4. The van der Waals surface area contributed by atoms with Crippen LogP contribution in [0.2, 0.25) is 0 Å².